The molecule has 2 aromatic rings. The summed E-state index contributed by atoms with van der Waals surface area (Å²) in [4.78, 5) is 14.7. The average Bonchev–Trinajstić information content (AvgIpc) is 3.08. The van der Waals surface area contributed by atoms with Crippen LogP contribution >= 0.6 is 11.6 Å². The Labute approximate surface area is 151 Å². The van der Waals surface area contributed by atoms with E-state index in [1.54, 1.807) is 6.07 Å². The molecule has 0 bridgehead atoms. The third-order valence-corrected chi connectivity index (χ3v) is 5.86. The summed E-state index contributed by atoms with van der Waals surface area (Å²) in [7, 11) is 0. The Morgan fingerprint density at radius 2 is 2.00 bits per heavy atom. The Bertz CT molecular complexity index is 796. The number of carbonyl (C=O) groups is 1. The molecule has 132 valence electrons. The lowest BCUT2D eigenvalue weighted by atomic mass is 9.89. The van der Waals surface area contributed by atoms with Crippen LogP contribution in [0.2, 0.25) is 5.02 Å². The van der Waals surface area contributed by atoms with Crippen LogP contribution in [-0.2, 0) is 12.8 Å². The summed E-state index contributed by atoms with van der Waals surface area (Å²) < 4.78 is 13.7. The van der Waals surface area contributed by atoms with Gasteiger partial charge < -0.3 is 4.90 Å². The predicted octanol–water partition coefficient (Wildman–Crippen LogP) is 4.10. The predicted molar refractivity (Wildman–Crippen MR) is 94.5 cm³/mol. The maximum absolute atomic E-state index is 13.7. The summed E-state index contributed by atoms with van der Waals surface area (Å²) >= 11 is 6.12. The number of aromatic amines is 1. The zero-order chi connectivity index (χ0) is 17.4. The molecule has 6 heteroatoms. The Kier molecular flexibility index (Phi) is 4.50. The van der Waals surface area contributed by atoms with E-state index in [2.05, 4.69) is 10.2 Å². The lowest BCUT2D eigenvalue weighted by Crippen LogP contribution is -2.38. The molecule has 1 aliphatic carbocycles. The molecule has 1 aromatic carbocycles. The molecule has 25 heavy (non-hydrogen) atoms. The lowest BCUT2D eigenvalue weighted by Gasteiger charge is -2.32. The summed E-state index contributed by atoms with van der Waals surface area (Å²) in [5.41, 5.74) is 3.67. The number of rotatable bonds is 2. The first-order valence-corrected chi connectivity index (χ1v) is 9.32. The van der Waals surface area contributed by atoms with Crippen molar-refractivity contribution >= 4 is 17.5 Å². The van der Waals surface area contributed by atoms with Crippen LogP contribution in [0.3, 0.4) is 0 Å². The van der Waals surface area contributed by atoms with Gasteiger partial charge >= 0.3 is 0 Å². The molecule has 0 radical (unpaired) electrons. The second-order valence-electron chi connectivity index (χ2n) is 6.95. The minimum Gasteiger partial charge on any atom is -0.337 e. The van der Waals surface area contributed by atoms with E-state index >= 15 is 0 Å². The van der Waals surface area contributed by atoms with E-state index in [-0.39, 0.29) is 22.7 Å². The van der Waals surface area contributed by atoms with Crippen LogP contribution in [0.5, 0.6) is 0 Å². The van der Waals surface area contributed by atoms with Crippen molar-refractivity contribution in [3.63, 3.8) is 0 Å². The zero-order valence-electron chi connectivity index (χ0n) is 14.0. The van der Waals surface area contributed by atoms with E-state index in [9.17, 15) is 9.18 Å². The first-order valence-electron chi connectivity index (χ1n) is 8.94. The molecule has 4 nitrogen and oxygen atoms in total. The molecule has 0 saturated carbocycles. The average molecular weight is 362 g/mol. The van der Waals surface area contributed by atoms with E-state index in [4.69, 9.17) is 11.6 Å². The smallest absolute Gasteiger partial charge is 0.274 e. The van der Waals surface area contributed by atoms with Crippen LogP contribution in [0, 0.1) is 5.82 Å². The fourth-order valence-corrected chi connectivity index (χ4v) is 4.32. The molecule has 0 atom stereocenters. The number of aryl methyl sites for hydroxylation is 1. The second-order valence-corrected chi connectivity index (χ2v) is 7.32. The number of halogens is 2. The van der Waals surface area contributed by atoms with Crippen molar-refractivity contribution in [3.05, 3.63) is 51.6 Å². The number of amides is 1. The van der Waals surface area contributed by atoms with E-state index in [1.807, 2.05) is 11.0 Å². The van der Waals surface area contributed by atoms with E-state index in [0.29, 0.717) is 18.8 Å². The fraction of sp³-hybridized carbons (Fsp3) is 0.474. The zero-order valence-corrected chi connectivity index (χ0v) is 14.8. The van der Waals surface area contributed by atoms with Gasteiger partial charge in [0.1, 0.15) is 5.82 Å². The molecule has 4 rings (SSSR count). The number of piperidine rings is 1. The number of aromatic nitrogens is 2. The molecule has 1 saturated heterocycles. The van der Waals surface area contributed by atoms with E-state index in [1.165, 1.54) is 6.07 Å². The molecule has 0 unspecified atom stereocenters. The van der Waals surface area contributed by atoms with Gasteiger partial charge in [0.25, 0.3) is 5.91 Å². The largest absolute Gasteiger partial charge is 0.337 e. The van der Waals surface area contributed by atoms with Crippen molar-refractivity contribution in [2.45, 2.75) is 44.4 Å². The highest BCUT2D eigenvalue weighted by Crippen LogP contribution is 2.34. The van der Waals surface area contributed by atoms with Gasteiger partial charge in [-0.15, -0.1) is 0 Å². The topological polar surface area (TPSA) is 49.0 Å². The van der Waals surface area contributed by atoms with E-state index < -0.39 is 0 Å². The number of hydrogen-bond donors (Lipinski definition) is 1. The van der Waals surface area contributed by atoms with Crippen LogP contribution in [-0.4, -0.2) is 34.1 Å². The maximum Gasteiger partial charge on any atom is 0.274 e. The monoisotopic (exact) mass is 361 g/mol. The van der Waals surface area contributed by atoms with E-state index in [0.717, 1.165) is 55.3 Å². The van der Waals surface area contributed by atoms with Gasteiger partial charge in [0.05, 0.1) is 5.02 Å². The summed E-state index contributed by atoms with van der Waals surface area (Å²) in [6.45, 7) is 1.30. The molecule has 1 N–H and O–H groups in total. The maximum atomic E-state index is 13.7. The highest BCUT2D eigenvalue weighted by molar-refractivity contribution is 6.31. The van der Waals surface area contributed by atoms with Gasteiger partial charge in [-0.1, -0.05) is 23.7 Å². The van der Waals surface area contributed by atoms with Crippen molar-refractivity contribution < 1.29 is 9.18 Å². The van der Waals surface area contributed by atoms with Gasteiger partial charge in [0.15, 0.2) is 5.69 Å². The highest BCUT2D eigenvalue weighted by atomic mass is 35.5. The van der Waals surface area contributed by atoms with Gasteiger partial charge in [0.2, 0.25) is 0 Å². The summed E-state index contributed by atoms with van der Waals surface area (Å²) in [5, 5.41) is 7.54. The molecule has 1 aliphatic heterocycles. The first-order chi connectivity index (χ1) is 12.1. The van der Waals surface area contributed by atoms with Gasteiger partial charge in [-0.2, -0.15) is 5.10 Å². The Morgan fingerprint density at radius 1 is 1.24 bits per heavy atom. The van der Waals surface area contributed by atoms with Crippen LogP contribution < -0.4 is 0 Å². The van der Waals surface area contributed by atoms with Crippen molar-refractivity contribution in [1.29, 1.82) is 0 Å². The standard InChI is InChI=1S/C19H21ClFN3O/c20-17-13(5-3-6-15(17)21)12-8-10-24(11-9-12)19(25)18-14-4-1-2-7-16(14)22-23-18/h3,5-6,12H,1-2,4,7-11H2,(H,22,23). The van der Waals surface area contributed by atoms with Gasteiger partial charge in [-0.25, -0.2) is 4.39 Å². The van der Waals surface area contributed by atoms with Gasteiger partial charge in [-0.3, -0.25) is 9.89 Å². The van der Waals surface area contributed by atoms with Crippen LogP contribution in [0.1, 0.15) is 58.9 Å². The number of carbonyl (C=O) groups excluding carboxylic acids is 1. The molecular weight excluding hydrogens is 341 g/mol. The van der Waals surface area contributed by atoms with Gasteiger partial charge in [-0.05, 0) is 56.1 Å². The molecular formula is C19H21ClFN3O. The number of H-pyrrole nitrogens is 1. The molecule has 1 aromatic heterocycles. The second kappa shape index (κ2) is 6.79. The third-order valence-electron chi connectivity index (χ3n) is 5.46. The number of hydrogen-bond acceptors (Lipinski definition) is 2. The first kappa shape index (κ1) is 16.6. The summed E-state index contributed by atoms with van der Waals surface area (Å²) in [5.74, 6) is -0.163. The van der Waals surface area contributed by atoms with Crippen molar-refractivity contribution in [2.24, 2.45) is 0 Å². The quantitative estimate of drug-likeness (QED) is 0.875. The molecule has 2 heterocycles. The van der Waals surface area contributed by atoms with Crippen LogP contribution in [0.25, 0.3) is 0 Å². The molecule has 0 spiro atoms. The lowest BCUT2D eigenvalue weighted by molar-refractivity contribution is 0.0705. The number of benzene rings is 1. The summed E-state index contributed by atoms with van der Waals surface area (Å²) in [6.07, 6.45) is 5.77. The van der Waals surface area contributed by atoms with Crippen molar-refractivity contribution in [2.75, 3.05) is 13.1 Å². The van der Waals surface area contributed by atoms with Crippen LogP contribution in [0.4, 0.5) is 4.39 Å². The SMILES string of the molecule is O=C(c1n[nH]c2c1CCCC2)N1CCC(c2cccc(F)c2Cl)CC1. The Balaban J connectivity index is 1.46. The molecule has 2 aliphatic rings. The molecule has 1 fully saturated rings. The summed E-state index contributed by atoms with van der Waals surface area (Å²) in [6, 6.07) is 4.97. The van der Waals surface area contributed by atoms with Crippen LogP contribution in [0.15, 0.2) is 18.2 Å². The van der Waals surface area contributed by atoms with Crippen molar-refractivity contribution in [3.8, 4) is 0 Å². The Morgan fingerprint density at radius 3 is 2.80 bits per heavy atom. The highest BCUT2D eigenvalue weighted by Gasteiger charge is 2.30. The number of likely N-dealkylation sites (tertiary alicyclic amines) is 1. The number of nitrogens with one attached hydrogen (secondary N) is 1. The minimum absolute atomic E-state index is 0.0168. The van der Waals surface area contributed by atoms with Crippen molar-refractivity contribution in [1.82, 2.24) is 15.1 Å². The van der Waals surface area contributed by atoms with Gasteiger partial charge in [0, 0.05) is 24.3 Å². The normalized spacial score (nSPS) is 18.2. The number of nitrogens with zero attached hydrogens (tertiary/aromatic N) is 2. The Hall–Kier alpha value is -1.88. The third kappa shape index (κ3) is 3.06. The molecule has 1 amide bonds. The minimum atomic E-state index is -0.374. The number of fused-ring (bicyclic) bond motifs is 1. The fourth-order valence-electron chi connectivity index (χ4n) is 4.04.